The summed E-state index contributed by atoms with van der Waals surface area (Å²) >= 11 is 4.80. The Bertz CT molecular complexity index is 1060. The van der Waals surface area contributed by atoms with Crippen molar-refractivity contribution in [2.45, 2.75) is 0 Å². The number of para-hydroxylation sites is 2. The van der Waals surface area contributed by atoms with E-state index in [1.165, 1.54) is 6.21 Å². The monoisotopic (exact) mass is 365 g/mol. The number of anilines is 1. The first-order chi connectivity index (χ1) is 12.6. The minimum atomic E-state index is -0.547. The largest absolute Gasteiger partial charge is 0.494 e. The molecule has 3 rings (SSSR count). The number of rotatable bonds is 3. The Kier molecular flexibility index (Phi) is 5.35. The average molecular weight is 365 g/mol. The maximum absolute atomic E-state index is 11.9. The van der Waals surface area contributed by atoms with Gasteiger partial charge in [0, 0.05) is 11.9 Å². The van der Waals surface area contributed by atoms with E-state index in [-0.39, 0.29) is 22.2 Å². The summed E-state index contributed by atoms with van der Waals surface area (Å²) in [5.41, 5.74) is 0.876. The minimum Gasteiger partial charge on any atom is -0.494 e. The highest BCUT2D eigenvalue weighted by molar-refractivity contribution is 7.71. The summed E-state index contributed by atoms with van der Waals surface area (Å²) in [5, 5.41) is 12.9. The van der Waals surface area contributed by atoms with Crippen molar-refractivity contribution in [1.29, 1.82) is 0 Å². The van der Waals surface area contributed by atoms with Crippen LogP contribution in [0.3, 0.4) is 0 Å². The first-order valence-corrected chi connectivity index (χ1v) is 8.08. The number of aromatic hydroxyl groups is 1. The van der Waals surface area contributed by atoms with Gasteiger partial charge in [0.05, 0.1) is 5.69 Å². The molecule has 0 radical (unpaired) electrons. The number of nitrogens with one attached hydrogen (secondary N) is 3. The molecule has 4 N–H and O–H groups in total. The maximum atomic E-state index is 11.9. The van der Waals surface area contributed by atoms with Crippen LogP contribution < -0.4 is 10.9 Å². The first kappa shape index (κ1) is 17.3. The fourth-order valence-corrected chi connectivity index (χ4v) is 2.28. The Morgan fingerprint density at radius 3 is 2.35 bits per heavy atom. The highest BCUT2D eigenvalue weighted by atomic mass is 32.1. The molecule has 7 nitrogen and oxygen atoms in total. The fraction of sp³-hybridized carbons (Fsp3) is 0. The number of hydrogen-bond acceptors (Lipinski definition) is 4. The van der Waals surface area contributed by atoms with Crippen LogP contribution in [0.1, 0.15) is 5.56 Å². The lowest BCUT2D eigenvalue weighted by atomic mass is 10.3. The summed E-state index contributed by atoms with van der Waals surface area (Å²) < 4.78 is 0.0326. The Balaban J connectivity index is 1.97. The molecule has 2 aromatic carbocycles. The van der Waals surface area contributed by atoms with E-state index in [9.17, 15) is 9.90 Å². The molecule has 0 fully saturated rings. The quantitative estimate of drug-likeness (QED) is 0.324. The molecule has 0 saturated carbocycles. The second kappa shape index (κ2) is 8.04. The molecule has 0 bridgehead atoms. The number of H-pyrrole nitrogens is 2. The van der Waals surface area contributed by atoms with Gasteiger partial charge in [0.2, 0.25) is 11.8 Å². The van der Waals surface area contributed by atoms with Crippen LogP contribution in [0.15, 0.2) is 75.4 Å². The lowest BCUT2D eigenvalue weighted by molar-refractivity contribution is 0.449. The van der Waals surface area contributed by atoms with Gasteiger partial charge in [-0.05, 0) is 36.5 Å². The maximum Gasteiger partial charge on any atom is 0.264 e. The van der Waals surface area contributed by atoms with Crippen LogP contribution in [0.4, 0.5) is 11.4 Å². The molecule has 0 spiro atoms. The van der Waals surface area contributed by atoms with Gasteiger partial charge in [-0.3, -0.25) is 9.78 Å². The number of aliphatic imine (C=N–C) groups is 2. The van der Waals surface area contributed by atoms with E-state index in [1.54, 1.807) is 0 Å². The number of aromatic nitrogens is 2. The van der Waals surface area contributed by atoms with Crippen LogP contribution in [0, 0.1) is 4.77 Å². The lowest BCUT2D eigenvalue weighted by Gasteiger charge is -2.06. The topological polar surface area (TPSA) is 106 Å². The molecule has 130 valence electrons. The molecular weight excluding hydrogens is 350 g/mol. The number of guanidine groups is 1. The van der Waals surface area contributed by atoms with Gasteiger partial charge in [0.1, 0.15) is 5.56 Å². The standard InChI is InChI=1S/C18H15N5O2S/c24-15-14(16(25)23-18(26)22-15)11-19-17(20-12-7-3-1-4-8-12)21-13-9-5-2-6-10-13/h1-11H,(H,20,21)(H3,22,23,24,25,26)/b19-11+. The second-order valence-corrected chi connectivity index (χ2v) is 5.60. The molecule has 0 aliphatic carbocycles. The van der Waals surface area contributed by atoms with E-state index < -0.39 is 5.56 Å². The normalized spacial score (nSPS) is 11.6. The molecule has 26 heavy (non-hydrogen) atoms. The zero-order valence-corrected chi connectivity index (χ0v) is 14.3. The van der Waals surface area contributed by atoms with Gasteiger partial charge in [-0.25, -0.2) is 9.98 Å². The van der Waals surface area contributed by atoms with Crippen LogP contribution >= 0.6 is 12.2 Å². The Hall–Kier alpha value is -3.52. The molecule has 0 saturated heterocycles. The fourth-order valence-electron chi connectivity index (χ4n) is 2.09. The molecular formula is C18H15N5O2S. The molecule has 0 aliphatic heterocycles. The molecule has 0 aliphatic rings. The molecule has 1 heterocycles. The van der Waals surface area contributed by atoms with Crippen LogP contribution in [0.2, 0.25) is 0 Å². The molecule has 1 aromatic heterocycles. The summed E-state index contributed by atoms with van der Waals surface area (Å²) in [7, 11) is 0. The molecule has 0 atom stereocenters. The average Bonchev–Trinajstić information content (AvgIpc) is 2.62. The minimum absolute atomic E-state index is 0.0326. The Morgan fingerprint density at radius 2 is 1.69 bits per heavy atom. The summed E-state index contributed by atoms with van der Waals surface area (Å²) in [4.78, 5) is 25.4. The van der Waals surface area contributed by atoms with Crippen molar-refractivity contribution in [2.24, 2.45) is 9.98 Å². The number of nitrogens with zero attached hydrogens (tertiary/aromatic N) is 2. The summed E-state index contributed by atoms with van der Waals surface area (Å²) in [6.45, 7) is 0. The molecule has 0 amide bonds. The van der Waals surface area contributed by atoms with Crippen molar-refractivity contribution >= 4 is 35.8 Å². The van der Waals surface area contributed by atoms with E-state index >= 15 is 0 Å². The number of benzene rings is 2. The second-order valence-electron chi connectivity index (χ2n) is 5.19. The molecule has 8 heteroatoms. The van der Waals surface area contributed by atoms with Crippen LogP contribution in [0.25, 0.3) is 0 Å². The number of aromatic amines is 2. The molecule has 3 aromatic rings. The van der Waals surface area contributed by atoms with Crippen molar-refractivity contribution in [3.05, 3.63) is 81.4 Å². The highest BCUT2D eigenvalue weighted by Gasteiger charge is 2.06. The van der Waals surface area contributed by atoms with E-state index in [1.807, 2.05) is 60.7 Å². The van der Waals surface area contributed by atoms with Gasteiger partial charge < -0.3 is 15.4 Å². The van der Waals surface area contributed by atoms with Gasteiger partial charge in [-0.1, -0.05) is 36.4 Å². The van der Waals surface area contributed by atoms with E-state index in [4.69, 9.17) is 12.2 Å². The van der Waals surface area contributed by atoms with Gasteiger partial charge in [0.15, 0.2) is 4.77 Å². The zero-order chi connectivity index (χ0) is 18.4. The van der Waals surface area contributed by atoms with Gasteiger partial charge in [0.25, 0.3) is 5.56 Å². The van der Waals surface area contributed by atoms with Gasteiger partial charge in [-0.15, -0.1) is 0 Å². The van der Waals surface area contributed by atoms with Crippen LogP contribution in [-0.2, 0) is 0 Å². The van der Waals surface area contributed by atoms with Crippen molar-refractivity contribution in [2.75, 3.05) is 5.32 Å². The smallest absolute Gasteiger partial charge is 0.264 e. The van der Waals surface area contributed by atoms with Crippen molar-refractivity contribution in [3.8, 4) is 5.88 Å². The molecule has 0 unspecified atom stereocenters. The Morgan fingerprint density at radius 1 is 1.04 bits per heavy atom. The lowest BCUT2D eigenvalue weighted by Crippen LogP contribution is -2.15. The third kappa shape index (κ3) is 4.52. The van der Waals surface area contributed by atoms with E-state index in [0.717, 1.165) is 5.69 Å². The van der Waals surface area contributed by atoms with Crippen molar-refractivity contribution in [1.82, 2.24) is 9.97 Å². The van der Waals surface area contributed by atoms with E-state index in [0.29, 0.717) is 5.69 Å². The van der Waals surface area contributed by atoms with Gasteiger partial charge >= 0.3 is 0 Å². The third-order valence-electron chi connectivity index (χ3n) is 3.30. The van der Waals surface area contributed by atoms with Crippen LogP contribution in [0.5, 0.6) is 5.88 Å². The first-order valence-electron chi connectivity index (χ1n) is 7.67. The number of hydrogen-bond donors (Lipinski definition) is 4. The zero-order valence-electron chi connectivity index (χ0n) is 13.5. The SMILES string of the molecule is O=c1[nH]c(=S)[nH]c(O)c1/C=N/C(=Nc1ccccc1)Nc1ccccc1. The summed E-state index contributed by atoms with van der Waals surface area (Å²) in [5.74, 6) is -0.107. The highest BCUT2D eigenvalue weighted by Crippen LogP contribution is 2.13. The van der Waals surface area contributed by atoms with Crippen LogP contribution in [-0.4, -0.2) is 27.2 Å². The predicted octanol–water partition coefficient (Wildman–Crippen LogP) is 3.36. The Labute approximate surface area is 153 Å². The predicted molar refractivity (Wildman–Crippen MR) is 105 cm³/mol. The summed E-state index contributed by atoms with van der Waals surface area (Å²) in [6.07, 6.45) is 1.22. The summed E-state index contributed by atoms with van der Waals surface area (Å²) in [6, 6.07) is 18.6. The van der Waals surface area contributed by atoms with E-state index in [2.05, 4.69) is 25.3 Å². The third-order valence-corrected chi connectivity index (χ3v) is 3.50. The van der Waals surface area contributed by atoms with Crippen molar-refractivity contribution in [3.63, 3.8) is 0 Å². The van der Waals surface area contributed by atoms with Crippen molar-refractivity contribution < 1.29 is 5.11 Å². The van der Waals surface area contributed by atoms with Gasteiger partial charge in [-0.2, -0.15) is 0 Å².